The summed E-state index contributed by atoms with van der Waals surface area (Å²) in [5.74, 6) is 0.526. The number of nitrogens with zero attached hydrogens (tertiary/aromatic N) is 1. The molecule has 0 aromatic heterocycles. The Kier molecular flexibility index (Phi) is 2.16. The van der Waals surface area contributed by atoms with Gasteiger partial charge in [0.05, 0.1) is 0 Å². The van der Waals surface area contributed by atoms with Crippen molar-refractivity contribution in [3.8, 4) is 6.07 Å². The number of nitriles is 1. The maximum Gasteiger partial charge on any atom is 0.184 e. The molecule has 54 valence electrons. The second kappa shape index (κ2) is 3.11. The van der Waals surface area contributed by atoms with Gasteiger partial charge in [0, 0.05) is 6.42 Å². The molecule has 0 radical (unpaired) electrons. The Hall–Kier alpha value is -1.17. The highest BCUT2D eigenvalue weighted by Gasteiger charge is 2.16. The largest absolute Gasteiger partial charge is 0.512 e. The maximum absolute atomic E-state index is 8.51. The van der Waals surface area contributed by atoms with E-state index in [9.17, 15) is 0 Å². The van der Waals surface area contributed by atoms with Crippen LogP contribution in [-0.4, -0.2) is 11.2 Å². The molecule has 1 aliphatic heterocycles. The van der Waals surface area contributed by atoms with Gasteiger partial charge in [-0.1, -0.05) is 0 Å². The molecule has 1 saturated heterocycles. The zero-order chi connectivity index (χ0) is 7.40. The summed E-state index contributed by atoms with van der Waals surface area (Å²) in [5.41, 5.74) is 0. The summed E-state index contributed by atoms with van der Waals surface area (Å²) in [6.07, 6.45) is 3.02. The van der Waals surface area contributed by atoms with Gasteiger partial charge >= 0.3 is 0 Å². The molecule has 0 spiro atoms. The van der Waals surface area contributed by atoms with Gasteiger partial charge in [0.15, 0.2) is 6.10 Å². The summed E-state index contributed by atoms with van der Waals surface area (Å²) < 4.78 is 5.03. The molecule has 1 fully saturated rings. The van der Waals surface area contributed by atoms with Crippen LogP contribution >= 0.6 is 0 Å². The number of ether oxygens (including phenoxy) is 1. The van der Waals surface area contributed by atoms with E-state index in [1.165, 1.54) is 0 Å². The quantitative estimate of drug-likeness (QED) is 0.517. The number of aliphatic hydroxyl groups excluding tert-OH is 1. The van der Waals surface area contributed by atoms with Crippen molar-refractivity contribution in [1.29, 1.82) is 5.26 Å². The molecule has 3 nitrogen and oxygen atoms in total. The van der Waals surface area contributed by atoms with Crippen molar-refractivity contribution < 1.29 is 9.84 Å². The van der Waals surface area contributed by atoms with Gasteiger partial charge in [0.1, 0.15) is 18.1 Å². The minimum Gasteiger partial charge on any atom is -0.512 e. The van der Waals surface area contributed by atoms with Gasteiger partial charge in [-0.05, 0) is 12.8 Å². The lowest BCUT2D eigenvalue weighted by Gasteiger charge is -2.19. The van der Waals surface area contributed by atoms with Crippen LogP contribution in [0.15, 0.2) is 12.0 Å². The normalized spacial score (nSPS) is 29.1. The second-order valence-electron chi connectivity index (χ2n) is 2.22. The molecule has 1 atom stereocenters. The van der Waals surface area contributed by atoms with Crippen molar-refractivity contribution in [2.45, 2.75) is 25.4 Å². The van der Waals surface area contributed by atoms with Crippen LogP contribution in [0.3, 0.4) is 0 Å². The van der Waals surface area contributed by atoms with E-state index >= 15 is 0 Å². The van der Waals surface area contributed by atoms with Crippen LogP contribution in [0.25, 0.3) is 0 Å². The summed E-state index contributed by atoms with van der Waals surface area (Å²) in [6, 6.07) is 1.99. The van der Waals surface area contributed by atoms with Crippen LogP contribution in [0, 0.1) is 11.3 Å². The van der Waals surface area contributed by atoms with Crippen molar-refractivity contribution in [3.63, 3.8) is 0 Å². The minimum absolute atomic E-state index is 0.354. The highest BCUT2D eigenvalue weighted by atomic mass is 16.5. The van der Waals surface area contributed by atoms with Crippen LogP contribution in [0.5, 0.6) is 0 Å². The number of hydrogen-bond donors (Lipinski definition) is 1. The molecule has 0 bridgehead atoms. The molecule has 3 heteroatoms. The smallest absolute Gasteiger partial charge is 0.184 e. The Balaban J connectivity index is 2.49. The third kappa shape index (κ3) is 1.41. The van der Waals surface area contributed by atoms with Crippen molar-refractivity contribution >= 4 is 0 Å². The Labute approximate surface area is 59.5 Å². The third-order valence-electron chi connectivity index (χ3n) is 1.47. The monoisotopic (exact) mass is 139 g/mol. The molecule has 1 unspecified atom stereocenters. The zero-order valence-electron chi connectivity index (χ0n) is 5.58. The SMILES string of the molecule is N#CC1CCC/C(=C\O)O1. The van der Waals surface area contributed by atoms with E-state index in [4.69, 9.17) is 15.1 Å². The first-order chi connectivity index (χ1) is 4.86. The Morgan fingerprint density at radius 1 is 1.80 bits per heavy atom. The minimum atomic E-state index is -0.354. The lowest BCUT2D eigenvalue weighted by atomic mass is 10.1. The Morgan fingerprint density at radius 2 is 2.60 bits per heavy atom. The number of rotatable bonds is 0. The summed E-state index contributed by atoms with van der Waals surface area (Å²) in [6.45, 7) is 0. The van der Waals surface area contributed by atoms with Crippen LogP contribution in [0.2, 0.25) is 0 Å². The molecule has 0 aromatic carbocycles. The van der Waals surface area contributed by atoms with Crippen LogP contribution in [0.1, 0.15) is 19.3 Å². The van der Waals surface area contributed by atoms with Crippen molar-refractivity contribution in [1.82, 2.24) is 0 Å². The first-order valence-electron chi connectivity index (χ1n) is 3.26. The van der Waals surface area contributed by atoms with Gasteiger partial charge in [0.2, 0.25) is 0 Å². The number of allylic oxidation sites excluding steroid dienone is 1. The van der Waals surface area contributed by atoms with Gasteiger partial charge in [-0.15, -0.1) is 0 Å². The van der Waals surface area contributed by atoms with E-state index in [0.29, 0.717) is 5.76 Å². The molecule has 0 amide bonds. The molecule has 1 aliphatic rings. The van der Waals surface area contributed by atoms with Gasteiger partial charge in [0.25, 0.3) is 0 Å². The predicted molar refractivity (Wildman–Crippen MR) is 35.0 cm³/mol. The average Bonchev–Trinajstić information content (AvgIpc) is 2.05. The first kappa shape index (κ1) is 6.94. The molecule has 0 saturated carbocycles. The van der Waals surface area contributed by atoms with E-state index in [0.717, 1.165) is 25.5 Å². The molecule has 0 aromatic rings. The van der Waals surface area contributed by atoms with E-state index < -0.39 is 0 Å². The Morgan fingerprint density at radius 3 is 3.20 bits per heavy atom. The fourth-order valence-electron chi connectivity index (χ4n) is 0.948. The van der Waals surface area contributed by atoms with E-state index in [2.05, 4.69) is 0 Å². The van der Waals surface area contributed by atoms with Gasteiger partial charge in [-0.25, -0.2) is 0 Å². The van der Waals surface area contributed by atoms with Crippen molar-refractivity contribution in [2.24, 2.45) is 0 Å². The average molecular weight is 139 g/mol. The van der Waals surface area contributed by atoms with E-state index in [-0.39, 0.29) is 6.10 Å². The predicted octanol–water partition coefficient (Wildman–Crippen LogP) is 1.48. The fourth-order valence-corrected chi connectivity index (χ4v) is 0.948. The molecule has 0 aliphatic carbocycles. The van der Waals surface area contributed by atoms with Gasteiger partial charge < -0.3 is 9.84 Å². The van der Waals surface area contributed by atoms with Crippen LogP contribution in [0.4, 0.5) is 0 Å². The molecular formula is C7H9NO2. The van der Waals surface area contributed by atoms with Crippen LogP contribution < -0.4 is 0 Å². The highest BCUT2D eigenvalue weighted by Crippen LogP contribution is 2.20. The summed E-state index contributed by atoms with van der Waals surface area (Å²) >= 11 is 0. The maximum atomic E-state index is 8.51. The lowest BCUT2D eigenvalue weighted by Crippen LogP contribution is -2.15. The first-order valence-corrected chi connectivity index (χ1v) is 3.26. The number of hydrogen-bond acceptors (Lipinski definition) is 3. The second-order valence-corrected chi connectivity index (χ2v) is 2.22. The lowest BCUT2D eigenvalue weighted by molar-refractivity contribution is 0.106. The molecule has 1 N–H and O–H groups in total. The molecular weight excluding hydrogens is 130 g/mol. The molecule has 1 heterocycles. The van der Waals surface area contributed by atoms with Crippen LogP contribution in [-0.2, 0) is 4.74 Å². The summed E-state index contributed by atoms with van der Waals surface area (Å²) in [5, 5.41) is 16.9. The van der Waals surface area contributed by atoms with E-state index in [1.54, 1.807) is 0 Å². The summed E-state index contributed by atoms with van der Waals surface area (Å²) in [4.78, 5) is 0. The third-order valence-corrected chi connectivity index (χ3v) is 1.47. The van der Waals surface area contributed by atoms with Gasteiger partial charge in [-0.2, -0.15) is 5.26 Å². The topological polar surface area (TPSA) is 53.2 Å². The van der Waals surface area contributed by atoms with Gasteiger partial charge in [-0.3, -0.25) is 0 Å². The summed E-state index contributed by atoms with van der Waals surface area (Å²) in [7, 11) is 0. The highest BCUT2D eigenvalue weighted by molar-refractivity contribution is 4.97. The van der Waals surface area contributed by atoms with Crippen molar-refractivity contribution in [2.75, 3.05) is 0 Å². The fraction of sp³-hybridized carbons (Fsp3) is 0.571. The zero-order valence-corrected chi connectivity index (χ0v) is 5.58. The molecule has 1 rings (SSSR count). The Bertz CT molecular complexity index is 181. The number of aliphatic hydroxyl groups is 1. The van der Waals surface area contributed by atoms with E-state index in [1.807, 2.05) is 6.07 Å². The molecule has 10 heavy (non-hydrogen) atoms. The van der Waals surface area contributed by atoms with Crippen molar-refractivity contribution in [3.05, 3.63) is 12.0 Å². The standard InChI is InChI=1S/C7H9NO2/c8-4-6-2-1-3-7(5-9)10-6/h5-6,9H,1-3H2/b7-5+.